The molecule has 3 N–H and O–H groups in total. The average molecular weight is 308 g/mol. The van der Waals surface area contributed by atoms with Crippen LogP contribution in [0.4, 0.5) is 0 Å². The first kappa shape index (κ1) is 13.3. The number of imidazole rings is 1. The molecule has 4 heteroatoms. The van der Waals surface area contributed by atoms with Crippen molar-refractivity contribution < 1.29 is 0 Å². The maximum Gasteiger partial charge on any atom is 0.126 e. The number of nitrogens with one attached hydrogen (secondary N) is 1. The number of H-pyrrole nitrogens is 1. The van der Waals surface area contributed by atoms with E-state index < -0.39 is 0 Å². The lowest BCUT2D eigenvalue weighted by Gasteiger charge is -2.23. The highest BCUT2D eigenvalue weighted by atomic mass is 79.9. The second-order valence-corrected chi connectivity index (χ2v) is 5.43. The van der Waals surface area contributed by atoms with Gasteiger partial charge < -0.3 is 10.7 Å². The van der Waals surface area contributed by atoms with E-state index in [4.69, 9.17) is 5.73 Å². The molecular formula is C14H18BrN3. The molecule has 2 rings (SSSR count). The van der Waals surface area contributed by atoms with E-state index in [-0.39, 0.29) is 5.54 Å². The molecule has 2 aromatic rings. The van der Waals surface area contributed by atoms with Crippen molar-refractivity contribution in [1.29, 1.82) is 0 Å². The van der Waals surface area contributed by atoms with Crippen LogP contribution in [0.15, 0.2) is 34.9 Å². The van der Waals surface area contributed by atoms with E-state index >= 15 is 0 Å². The number of rotatable bonds is 4. The molecule has 0 aliphatic carbocycles. The number of nitrogens with two attached hydrogens (primary N) is 1. The van der Waals surface area contributed by atoms with Crippen molar-refractivity contribution in [3.63, 3.8) is 0 Å². The van der Waals surface area contributed by atoms with Gasteiger partial charge in [-0.3, -0.25) is 0 Å². The van der Waals surface area contributed by atoms with Crippen molar-refractivity contribution in [2.75, 3.05) is 0 Å². The van der Waals surface area contributed by atoms with Gasteiger partial charge in [-0.25, -0.2) is 4.98 Å². The Labute approximate surface area is 116 Å². The third-order valence-electron chi connectivity index (χ3n) is 3.46. The Kier molecular flexibility index (Phi) is 3.88. The standard InChI is InChI=1S/C14H18BrN3/c1-3-14(16,4-2)13-17-9-12(18-13)10-5-7-11(15)8-6-10/h5-9H,3-4,16H2,1-2H3,(H,17,18). The highest BCUT2D eigenvalue weighted by Crippen LogP contribution is 2.26. The lowest BCUT2D eigenvalue weighted by atomic mass is 9.93. The molecule has 1 aromatic heterocycles. The van der Waals surface area contributed by atoms with E-state index in [2.05, 4.69) is 51.9 Å². The molecule has 1 aromatic carbocycles. The second-order valence-electron chi connectivity index (χ2n) is 4.52. The predicted molar refractivity (Wildman–Crippen MR) is 78.2 cm³/mol. The van der Waals surface area contributed by atoms with Crippen LogP contribution in [0.3, 0.4) is 0 Å². The van der Waals surface area contributed by atoms with Crippen LogP contribution in [0.2, 0.25) is 0 Å². The van der Waals surface area contributed by atoms with Gasteiger partial charge in [-0.2, -0.15) is 0 Å². The maximum atomic E-state index is 6.33. The van der Waals surface area contributed by atoms with Gasteiger partial charge in [0.25, 0.3) is 0 Å². The molecule has 1 heterocycles. The normalized spacial score (nSPS) is 11.8. The Morgan fingerprint density at radius 3 is 2.39 bits per heavy atom. The number of nitrogens with zero attached hydrogens (tertiary/aromatic N) is 1. The minimum Gasteiger partial charge on any atom is -0.340 e. The Hall–Kier alpha value is -1.13. The summed E-state index contributed by atoms with van der Waals surface area (Å²) in [7, 11) is 0. The minimum atomic E-state index is -0.354. The first-order valence-electron chi connectivity index (χ1n) is 6.19. The van der Waals surface area contributed by atoms with Gasteiger partial charge in [-0.1, -0.05) is 41.9 Å². The van der Waals surface area contributed by atoms with E-state index in [0.29, 0.717) is 0 Å². The Bertz CT molecular complexity index is 512. The lowest BCUT2D eigenvalue weighted by Crippen LogP contribution is -2.36. The van der Waals surface area contributed by atoms with Crippen LogP contribution >= 0.6 is 15.9 Å². The molecule has 0 saturated heterocycles. The molecule has 0 saturated carbocycles. The summed E-state index contributed by atoms with van der Waals surface area (Å²) >= 11 is 3.43. The minimum absolute atomic E-state index is 0.354. The van der Waals surface area contributed by atoms with Gasteiger partial charge in [0, 0.05) is 4.47 Å². The summed E-state index contributed by atoms with van der Waals surface area (Å²) < 4.78 is 1.07. The van der Waals surface area contributed by atoms with Crippen LogP contribution in [0.1, 0.15) is 32.5 Å². The zero-order valence-electron chi connectivity index (χ0n) is 10.7. The predicted octanol–water partition coefficient (Wildman–Crippen LogP) is 3.81. The molecule has 0 bridgehead atoms. The zero-order valence-corrected chi connectivity index (χ0v) is 12.3. The number of hydrogen-bond donors (Lipinski definition) is 2. The van der Waals surface area contributed by atoms with Crippen LogP contribution in [0.25, 0.3) is 11.3 Å². The van der Waals surface area contributed by atoms with Crippen molar-refractivity contribution in [2.24, 2.45) is 5.73 Å². The summed E-state index contributed by atoms with van der Waals surface area (Å²) in [5.74, 6) is 0.866. The quantitative estimate of drug-likeness (QED) is 0.902. The number of halogens is 1. The molecule has 0 fully saturated rings. The number of hydrogen-bond acceptors (Lipinski definition) is 2. The van der Waals surface area contributed by atoms with Crippen LogP contribution in [-0.2, 0) is 5.54 Å². The Morgan fingerprint density at radius 1 is 1.22 bits per heavy atom. The monoisotopic (exact) mass is 307 g/mol. The molecule has 0 atom stereocenters. The summed E-state index contributed by atoms with van der Waals surface area (Å²) in [6.07, 6.45) is 3.60. The zero-order chi connectivity index (χ0) is 13.2. The molecule has 3 nitrogen and oxygen atoms in total. The first-order chi connectivity index (χ1) is 8.59. The molecule has 0 amide bonds. The average Bonchev–Trinajstić information content (AvgIpc) is 2.89. The fourth-order valence-corrected chi connectivity index (χ4v) is 2.20. The third kappa shape index (κ3) is 2.49. The van der Waals surface area contributed by atoms with Crippen molar-refractivity contribution in [1.82, 2.24) is 9.97 Å². The maximum absolute atomic E-state index is 6.33. The Balaban J connectivity index is 2.33. The molecule has 0 aliphatic rings. The van der Waals surface area contributed by atoms with Gasteiger partial charge in [0.15, 0.2) is 0 Å². The first-order valence-corrected chi connectivity index (χ1v) is 6.98. The summed E-state index contributed by atoms with van der Waals surface area (Å²) in [5.41, 5.74) is 8.10. The highest BCUT2D eigenvalue weighted by molar-refractivity contribution is 9.10. The summed E-state index contributed by atoms with van der Waals surface area (Å²) in [4.78, 5) is 7.78. The molecular weight excluding hydrogens is 290 g/mol. The lowest BCUT2D eigenvalue weighted by molar-refractivity contribution is 0.391. The number of aromatic nitrogens is 2. The molecule has 18 heavy (non-hydrogen) atoms. The van der Waals surface area contributed by atoms with Crippen molar-refractivity contribution in [3.8, 4) is 11.3 Å². The molecule has 0 unspecified atom stereocenters. The van der Waals surface area contributed by atoms with Crippen molar-refractivity contribution >= 4 is 15.9 Å². The van der Waals surface area contributed by atoms with Gasteiger partial charge in [-0.05, 0) is 30.5 Å². The molecule has 96 valence electrons. The van der Waals surface area contributed by atoms with Gasteiger partial charge in [0.1, 0.15) is 5.82 Å². The SMILES string of the molecule is CCC(N)(CC)c1ncc(-c2ccc(Br)cc2)[nH]1. The van der Waals surface area contributed by atoms with Crippen LogP contribution in [0.5, 0.6) is 0 Å². The van der Waals surface area contributed by atoms with Gasteiger partial charge in [0.2, 0.25) is 0 Å². The van der Waals surface area contributed by atoms with Gasteiger partial charge in [-0.15, -0.1) is 0 Å². The molecule has 0 spiro atoms. The largest absolute Gasteiger partial charge is 0.340 e. The summed E-state index contributed by atoms with van der Waals surface area (Å²) in [6, 6.07) is 8.14. The van der Waals surface area contributed by atoms with Crippen LogP contribution in [0, 0.1) is 0 Å². The number of benzene rings is 1. The van der Waals surface area contributed by atoms with E-state index in [9.17, 15) is 0 Å². The van der Waals surface area contributed by atoms with Crippen LogP contribution in [-0.4, -0.2) is 9.97 Å². The highest BCUT2D eigenvalue weighted by Gasteiger charge is 2.26. The summed E-state index contributed by atoms with van der Waals surface area (Å²) in [6.45, 7) is 4.18. The van der Waals surface area contributed by atoms with E-state index in [1.54, 1.807) is 0 Å². The molecule has 0 radical (unpaired) electrons. The molecule has 0 aliphatic heterocycles. The van der Waals surface area contributed by atoms with Crippen molar-refractivity contribution in [3.05, 3.63) is 40.8 Å². The third-order valence-corrected chi connectivity index (χ3v) is 3.99. The van der Waals surface area contributed by atoms with E-state index in [0.717, 1.165) is 34.4 Å². The van der Waals surface area contributed by atoms with Gasteiger partial charge in [0.05, 0.1) is 17.4 Å². The smallest absolute Gasteiger partial charge is 0.126 e. The Morgan fingerprint density at radius 2 is 1.83 bits per heavy atom. The fourth-order valence-electron chi connectivity index (χ4n) is 1.94. The van der Waals surface area contributed by atoms with E-state index in [1.165, 1.54) is 0 Å². The summed E-state index contributed by atoms with van der Waals surface area (Å²) in [5, 5.41) is 0. The number of aromatic amines is 1. The van der Waals surface area contributed by atoms with Crippen molar-refractivity contribution in [2.45, 2.75) is 32.2 Å². The van der Waals surface area contributed by atoms with Crippen LogP contribution < -0.4 is 5.73 Å². The van der Waals surface area contributed by atoms with E-state index in [1.807, 2.05) is 18.3 Å². The fraction of sp³-hybridized carbons (Fsp3) is 0.357. The second kappa shape index (κ2) is 5.24. The van der Waals surface area contributed by atoms with Gasteiger partial charge >= 0.3 is 0 Å². The topological polar surface area (TPSA) is 54.7 Å².